The summed E-state index contributed by atoms with van der Waals surface area (Å²) in [5, 5.41) is 3.26. The third-order valence-corrected chi connectivity index (χ3v) is 4.43. The van der Waals surface area contributed by atoms with Crippen LogP contribution < -0.4 is 5.32 Å². The number of benzene rings is 1. The van der Waals surface area contributed by atoms with Gasteiger partial charge in [0.2, 0.25) is 0 Å². The highest BCUT2D eigenvalue weighted by Gasteiger charge is 2.15. The molecular formula is C15H18FNS. The second kappa shape index (κ2) is 5.63. The molecule has 18 heavy (non-hydrogen) atoms. The summed E-state index contributed by atoms with van der Waals surface area (Å²) in [5.74, 6) is -0.139. The predicted octanol–water partition coefficient (Wildman–Crippen LogP) is 4.07. The standard InChI is InChI=1S/C15H18FNS/c1-4-12-7-8-14(18-12)15(17-3)11-6-5-10(2)13(16)9-11/h5-9,15,17H,4H2,1-3H3. The lowest BCUT2D eigenvalue weighted by atomic mass is 10.0. The molecule has 0 aliphatic carbocycles. The van der Waals surface area contributed by atoms with Crippen molar-refractivity contribution in [2.75, 3.05) is 7.05 Å². The summed E-state index contributed by atoms with van der Waals surface area (Å²) in [7, 11) is 1.91. The summed E-state index contributed by atoms with van der Waals surface area (Å²) in [6, 6.07) is 9.80. The predicted molar refractivity (Wildman–Crippen MR) is 75.7 cm³/mol. The first-order valence-electron chi connectivity index (χ1n) is 6.17. The first kappa shape index (κ1) is 13.2. The Balaban J connectivity index is 2.35. The maximum absolute atomic E-state index is 13.6. The van der Waals surface area contributed by atoms with E-state index in [1.807, 2.05) is 19.2 Å². The molecule has 1 N–H and O–H groups in total. The minimum atomic E-state index is -0.139. The molecular weight excluding hydrogens is 245 g/mol. The largest absolute Gasteiger partial charge is 0.309 e. The molecule has 1 unspecified atom stereocenters. The lowest BCUT2D eigenvalue weighted by molar-refractivity contribution is 0.609. The quantitative estimate of drug-likeness (QED) is 0.877. The van der Waals surface area contributed by atoms with E-state index in [1.54, 1.807) is 24.3 Å². The lowest BCUT2D eigenvalue weighted by Gasteiger charge is -2.15. The molecule has 2 rings (SSSR count). The molecule has 0 bridgehead atoms. The molecule has 0 fully saturated rings. The summed E-state index contributed by atoms with van der Waals surface area (Å²) in [6.45, 7) is 3.93. The van der Waals surface area contributed by atoms with Crippen molar-refractivity contribution >= 4 is 11.3 Å². The third kappa shape index (κ3) is 2.62. The molecule has 0 saturated heterocycles. The highest BCUT2D eigenvalue weighted by atomic mass is 32.1. The summed E-state index contributed by atoms with van der Waals surface area (Å²) in [4.78, 5) is 2.59. The van der Waals surface area contributed by atoms with Crippen molar-refractivity contribution in [3.8, 4) is 0 Å². The lowest BCUT2D eigenvalue weighted by Crippen LogP contribution is -2.16. The van der Waals surface area contributed by atoms with Gasteiger partial charge in [-0.25, -0.2) is 4.39 Å². The van der Waals surface area contributed by atoms with Gasteiger partial charge in [0.1, 0.15) is 5.82 Å². The Morgan fingerprint density at radius 3 is 2.61 bits per heavy atom. The fourth-order valence-electron chi connectivity index (χ4n) is 2.00. The van der Waals surface area contributed by atoms with Gasteiger partial charge in [0.15, 0.2) is 0 Å². The van der Waals surface area contributed by atoms with Crippen LogP contribution in [0.2, 0.25) is 0 Å². The fourth-order valence-corrected chi connectivity index (χ4v) is 3.09. The average molecular weight is 263 g/mol. The van der Waals surface area contributed by atoms with Crippen LogP contribution in [0.1, 0.15) is 33.8 Å². The van der Waals surface area contributed by atoms with Crippen LogP contribution >= 0.6 is 11.3 Å². The summed E-state index contributed by atoms with van der Waals surface area (Å²) in [5.41, 5.74) is 1.67. The maximum Gasteiger partial charge on any atom is 0.126 e. The molecule has 0 spiro atoms. The van der Waals surface area contributed by atoms with E-state index in [0.717, 1.165) is 12.0 Å². The van der Waals surface area contributed by atoms with E-state index < -0.39 is 0 Å². The zero-order valence-corrected chi connectivity index (χ0v) is 11.8. The number of nitrogens with one attached hydrogen (secondary N) is 1. The topological polar surface area (TPSA) is 12.0 Å². The Bertz CT molecular complexity index is 533. The van der Waals surface area contributed by atoms with E-state index in [4.69, 9.17) is 0 Å². The molecule has 1 nitrogen and oxygen atoms in total. The number of aryl methyl sites for hydroxylation is 2. The highest BCUT2D eigenvalue weighted by molar-refractivity contribution is 7.12. The zero-order valence-electron chi connectivity index (χ0n) is 11.0. The van der Waals surface area contributed by atoms with Crippen molar-refractivity contribution in [3.05, 3.63) is 57.0 Å². The summed E-state index contributed by atoms with van der Waals surface area (Å²) in [6.07, 6.45) is 1.04. The molecule has 0 radical (unpaired) electrons. The Morgan fingerprint density at radius 2 is 2.06 bits per heavy atom. The third-order valence-electron chi connectivity index (χ3n) is 3.13. The van der Waals surface area contributed by atoms with Crippen LogP contribution in [-0.4, -0.2) is 7.05 Å². The smallest absolute Gasteiger partial charge is 0.126 e. The molecule has 2 aromatic rings. The molecule has 1 atom stereocenters. The van der Waals surface area contributed by atoms with Crippen LogP contribution in [0.3, 0.4) is 0 Å². The Kier molecular flexibility index (Phi) is 4.15. The monoisotopic (exact) mass is 263 g/mol. The van der Waals surface area contributed by atoms with Crippen LogP contribution in [0.5, 0.6) is 0 Å². The van der Waals surface area contributed by atoms with Gasteiger partial charge < -0.3 is 5.32 Å². The molecule has 0 aliphatic rings. The van der Waals surface area contributed by atoms with Crippen molar-refractivity contribution in [1.29, 1.82) is 0 Å². The Hall–Kier alpha value is -1.19. The Labute approximate surface area is 112 Å². The van der Waals surface area contributed by atoms with Crippen LogP contribution in [-0.2, 0) is 6.42 Å². The van der Waals surface area contributed by atoms with Gasteiger partial charge in [-0.3, -0.25) is 0 Å². The van der Waals surface area contributed by atoms with Gasteiger partial charge in [-0.05, 0) is 49.7 Å². The van der Waals surface area contributed by atoms with E-state index >= 15 is 0 Å². The van der Waals surface area contributed by atoms with Gasteiger partial charge >= 0.3 is 0 Å². The van der Waals surface area contributed by atoms with E-state index in [-0.39, 0.29) is 11.9 Å². The van der Waals surface area contributed by atoms with Crippen LogP contribution in [0.4, 0.5) is 4.39 Å². The van der Waals surface area contributed by atoms with Crippen molar-refractivity contribution in [3.63, 3.8) is 0 Å². The van der Waals surface area contributed by atoms with Gasteiger partial charge in [0.05, 0.1) is 6.04 Å². The van der Waals surface area contributed by atoms with Crippen LogP contribution in [0, 0.1) is 12.7 Å². The van der Waals surface area contributed by atoms with Crippen molar-refractivity contribution in [2.24, 2.45) is 0 Å². The molecule has 0 saturated carbocycles. The van der Waals surface area contributed by atoms with Crippen LogP contribution in [0.25, 0.3) is 0 Å². The van der Waals surface area contributed by atoms with E-state index in [1.165, 1.54) is 9.75 Å². The average Bonchev–Trinajstić information content (AvgIpc) is 2.83. The Morgan fingerprint density at radius 1 is 1.28 bits per heavy atom. The fraction of sp³-hybridized carbons (Fsp3) is 0.333. The van der Waals surface area contributed by atoms with Gasteiger partial charge in [-0.1, -0.05) is 19.1 Å². The van der Waals surface area contributed by atoms with Crippen molar-refractivity contribution in [1.82, 2.24) is 5.32 Å². The second-order valence-electron chi connectivity index (χ2n) is 4.39. The van der Waals surface area contributed by atoms with Crippen molar-refractivity contribution in [2.45, 2.75) is 26.3 Å². The minimum absolute atomic E-state index is 0.0744. The highest BCUT2D eigenvalue weighted by Crippen LogP contribution is 2.29. The molecule has 1 aromatic carbocycles. The molecule has 1 aromatic heterocycles. The number of rotatable bonds is 4. The molecule has 0 amide bonds. The molecule has 0 aliphatic heterocycles. The molecule has 96 valence electrons. The van der Waals surface area contributed by atoms with Gasteiger partial charge in [-0.2, -0.15) is 0 Å². The summed E-state index contributed by atoms with van der Waals surface area (Å²) < 4.78 is 13.6. The first-order chi connectivity index (χ1) is 8.65. The number of halogens is 1. The number of hydrogen-bond acceptors (Lipinski definition) is 2. The van der Waals surface area contributed by atoms with Crippen LogP contribution in [0.15, 0.2) is 30.3 Å². The van der Waals surface area contributed by atoms with Crippen molar-refractivity contribution < 1.29 is 4.39 Å². The van der Waals surface area contributed by atoms with E-state index in [2.05, 4.69) is 24.4 Å². The normalized spacial score (nSPS) is 12.7. The van der Waals surface area contributed by atoms with Gasteiger partial charge in [0, 0.05) is 9.75 Å². The van der Waals surface area contributed by atoms with E-state index in [0.29, 0.717) is 5.56 Å². The van der Waals surface area contributed by atoms with E-state index in [9.17, 15) is 4.39 Å². The zero-order chi connectivity index (χ0) is 13.1. The molecule has 3 heteroatoms. The first-order valence-corrected chi connectivity index (χ1v) is 6.99. The molecule has 1 heterocycles. The maximum atomic E-state index is 13.6. The van der Waals surface area contributed by atoms with Gasteiger partial charge in [0.25, 0.3) is 0 Å². The second-order valence-corrected chi connectivity index (χ2v) is 5.59. The SMILES string of the molecule is CCc1ccc(C(NC)c2ccc(C)c(F)c2)s1. The van der Waals surface area contributed by atoms with Gasteiger partial charge in [-0.15, -0.1) is 11.3 Å². The minimum Gasteiger partial charge on any atom is -0.309 e. The number of hydrogen-bond donors (Lipinski definition) is 1. The summed E-state index contributed by atoms with van der Waals surface area (Å²) >= 11 is 1.79. The number of thiophene rings is 1.